The molecular formula is C17H21N7O4. The largest absolute Gasteiger partial charge is 0.399 e. The number of aliphatic hydroxyl groups excluding tert-OH is 3. The molecule has 4 atom stereocenters. The molecule has 1 aliphatic rings. The minimum atomic E-state index is -1.23. The van der Waals surface area contributed by atoms with Crippen LogP contribution in [0.5, 0.6) is 0 Å². The van der Waals surface area contributed by atoms with Gasteiger partial charge in [0.15, 0.2) is 23.2 Å². The van der Waals surface area contributed by atoms with Crippen LogP contribution in [0.2, 0.25) is 0 Å². The summed E-state index contributed by atoms with van der Waals surface area (Å²) in [4.78, 5) is 12.7. The third-order valence-electron chi connectivity index (χ3n) is 4.76. The van der Waals surface area contributed by atoms with Gasteiger partial charge < -0.3 is 36.8 Å². The third kappa shape index (κ3) is 3.10. The Bertz CT molecular complexity index is 995. The second kappa shape index (κ2) is 7.20. The number of benzene rings is 1. The fourth-order valence-electron chi connectivity index (χ4n) is 3.24. The van der Waals surface area contributed by atoms with Crippen LogP contribution < -0.4 is 16.8 Å². The van der Waals surface area contributed by atoms with Gasteiger partial charge in [-0.15, -0.1) is 0 Å². The van der Waals surface area contributed by atoms with E-state index in [4.69, 9.17) is 16.2 Å². The summed E-state index contributed by atoms with van der Waals surface area (Å²) in [5.74, 6) is 0.470. The van der Waals surface area contributed by atoms with Crippen molar-refractivity contribution in [3.8, 4) is 0 Å². The van der Waals surface area contributed by atoms with Crippen molar-refractivity contribution in [3.05, 3.63) is 36.4 Å². The van der Waals surface area contributed by atoms with Crippen LogP contribution in [-0.2, 0) is 11.3 Å². The summed E-state index contributed by atoms with van der Waals surface area (Å²) in [5.41, 5.74) is 14.7. The molecule has 1 aromatic carbocycles. The SMILES string of the molecule is Nc1ccc(N)c(CNc2ncnc3c2ncn3[C@@H]2O[C@H](CO)[C@@H](O)[C@H]2O)c1. The van der Waals surface area contributed by atoms with Gasteiger partial charge in [-0.1, -0.05) is 0 Å². The maximum absolute atomic E-state index is 10.2. The van der Waals surface area contributed by atoms with E-state index in [0.717, 1.165) is 5.56 Å². The van der Waals surface area contributed by atoms with Crippen LogP contribution in [0.15, 0.2) is 30.9 Å². The Morgan fingerprint density at radius 3 is 2.71 bits per heavy atom. The smallest absolute Gasteiger partial charge is 0.167 e. The molecule has 0 bridgehead atoms. The second-order valence-corrected chi connectivity index (χ2v) is 6.59. The zero-order valence-electron chi connectivity index (χ0n) is 14.8. The third-order valence-corrected chi connectivity index (χ3v) is 4.76. The van der Waals surface area contributed by atoms with Gasteiger partial charge in [0.05, 0.1) is 12.9 Å². The van der Waals surface area contributed by atoms with Gasteiger partial charge in [0.2, 0.25) is 0 Å². The Morgan fingerprint density at radius 1 is 1.14 bits per heavy atom. The van der Waals surface area contributed by atoms with Gasteiger partial charge in [-0.2, -0.15) is 0 Å². The van der Waals surface area contributed by atoms with Crippen molar-refractivity contribution in [1.29, 1.82) is 0 Å². The van der Waals surface area contributed by atoms with Gasteiger partial charge in [0.1, 0.15) is 24.6 Å². The molecule has 0 amide bonds. The number of nitrogen functional groups attached to an aromatic ring is 2. The molecule has 2 aromatic heterocycles. The van der Waals surface area contributed by atoms with E-state index in [1.54, 1.807) is 18.2 Å². The van der Waals surface area contributed by atoms with E-state index in [0.29, 0.717) is 34.9 Å². The first kappa shape index (κ1) is 18.4. The standard InChI is InChI=1S/C17H21N7O4/c18-9-1-2-10(19)8(3-9)4-20-15-12-16(22-6-21-15)24(7-23-12)17-14(27)13(26)11(5-25)28-17/h1-3,6-7,11,13-14,17,25-27H,4-5,18-19H2,(H,20,21,22)/t11-,13-,14-,17-/m1/s1. The Labute approximate surface area is 159 Å². The van der Waals surface area contributed by atoms with E-state index in [9.17, 15) is 15.3 Å². The lowest BCUT2D eigenvalue weighted by Gasteiger charge is -2.16. The fourth-order valence-corrected chi connectivity index (χ4v) is 3.24. The number of imidazole rings is 1. The van der Waals surface area contributed by atoms with Crippen molar-refractivity contribution in [3.63, 3.8) is 0 Å². The topological polar surface area (TPSA) is 178 Å². The lowest BCUT2D eigenvalue weighted by Crippen LogP contribution is -2.33. The van der Waals surface area contributed by atoms with Crippen LogP contribution in [0.1, 0.15) is 11.8 Å². The highest BCUT2D eigenvalue weighted by molar-refractivity contribution is 5.82. The number of aromatic nitrogens is 4. The number of nitrogens with two attached hydrogens (primary N) is 2. The molecule has 28 heavy (non-hydrogen) atoms. The Balaban J connectivity index is 1.61. The molecule has 3 heterocycles. The monoisotopic (exact) mass is 387 g/mol. The highest BCUT2D eigenvalue weighted by Gasteiger charge is 2.44. The second-order valence-electron chi connectivity index (χ2n) is 6.59. The number of ether oxygens (including phenoxy) is 1. The number of aliphatic hydroxyl groups is 3. The van der Waals surface area contributed by atoms with Gasteiger partial charge in [0, 0.05) is 17.9 Å². The van der Waals surface area contributed by atoms with E-state index in [-0.39, 0.29) is 0 Å². The number of nitrogens with one attached hydrogen (secondary N) is 1. The maximum Gasteiger partial charge on any atom is 0.167 e. The molecule has 1 saturated heterocycles. The van der Waals surface area contributed by atoms with Gasteiger partial charge >= 0.3 is 0 Å². The number of anilines is 3. The van der Waals surface area contributed by atoms with E-state index >= 15 is 0 Å². The minimum absolute atomic E-state index is 0.379. The molecular weight excluding hydrogens is 366 g/mol. The van der Waals surface area contributed by atoms with Crippen molar-refractivity contribution >= 4 is 28.4 Å². The van der Waals surface area contributed by atoms with Crippen molar-refractivity contribution < 1.29 is 20.1 Å². The normalized spacial score (nSPS) is 24.7. The van der Waals surface area contributed by atoms with Gasteiger partial charge in [-0.25, -0.2) is 15.0 Å². The summed E-state index contributed by atoms with van der Waals surface area (Å²) in [7, 11) is 0. The molecule has 0 saturated carbocycles. The lowest BCUT2D eigenvalue weighted by atomic mass is 10.1. The van der Waals surface area contributed by atoms with Crippen LogP contribution in [0.25, 0.3) is 11.2 Å². The van der Waals surface area contributed by atoms with Crippen molar-refractivity contribution in [1.82, 2.24) is 19.5 Å². The minimum Gasteiger partial charge on any atom is -0.399 e. The van der Waals surface area contributed by atoms with E-state index in [1.807, 2.05) is 0 Å². The molecule has 148 valence electrons. The molecule has 0 radical (unpaired) electrons. The number of fused-ring (bicyclic) bond motifs is 1. The molecule has 1 aliphatic heterocycles. The lowest BCUT2D eigenvalue weighted by molar-refractivity contribution is -0.0511. The fraction of sp³-hybridized carbons (Fsp3) is 0.353. The molecule has 4 rings (SSSR count). The first-order chi connectivity index (χ1) is 13.5. The average Bonchev–Trinajstić information content (AvgIpc) is 3.24. The molecule has 1 fully saturated rings. The van der Waals surface area contributed by atoms with Crippen LogP contribution in [0.4, 0.5) is 17.2 Å². The molecule has 3 aromatic rings. The zero-order chi connectivity index (χ0) is 19.8. The van der Waals surface area contributed by atoms with Crippen LogP contribution in [0, 0.1) is 0 Å². The van der Waals surface area contributed by atoms with E-state index in [1.165, 1.54) is 17.2 Å². The van der Waals surface area contributed by atoms with E-state index < -0.39 is 31.1 Å². The van der Waals surface area contributed by atoms with Crippen molar-refractivity contribution in [2.75, 3.05) is 23.4 Å². The number of hydrogen-bond acceptors (Lipinski definition) is 10. The maximum atomic E-state index is 10.2. The Morgan fingerprint density at radius 2 is 1.96 bits per heavy atom. The summed E-state index contributed by atoms with van der Waals surface area (Å²) in [6.45, 7) is -0.0333. The summed E-state index contributed by atoms with van der Waals surface area (Å²) in [6.07, 6.45) is -1.45. The van der Waals surface area contributed by atoms with Gasteiger partial charge in [-0.3, -0.25) is 4.57 Å². The van der Waals surface area contributed by atoms with Crippen molar-refractivity contribution in [2.24, 2.45) is 0 Å². The molecule has 11 heteroatoms. The van der Waals surface area contributed by atoms with E-state index in [2.05, 4.69) is 20.3 Å². The number of hydrogen-bond donors (Lipinski definition) is 6. The van der Waals surface area contributed by atoms with Crippen LogP contribution in [0.3, 0.4) is 0 Å². The average molecular weight is 387 g/mol. The van der Waals surface area contributed by atoms with Gasteiger partial charge in [0.25, 0.3) is 0 Å². The first-order valence-corrected chi connectivity index (χ1v) is 8.67. The van der Waals surface area contributed by atoms with Crippen LogP contribution >= 0.6 is 0 Å². The van der Waals surface area contributed by atoms with Crippen molar-refractivity contribution in [2.45, 2.75) is 31.1 Å². The van der Waals surface area contributed by atoms with Gasteiger partial charge in [-0.05, 0) is 23.8 Å². The molecule has 11 nitrogen and oxygen atoms in total. The molecule has 0 spiro atoms. The Kier molecular flexibility index (Phi) is 4.73. The zero-order valence-corrected chi connectivity index (χ0v) is 14.8. The Hall–Kier alpha value is -2.99. The highest BCUT2D eigenvalue weighted by atomic mass is 16.6. The summed E-state index contributed by atoms with van der Waals surface area (Å²) in [6, 6.07) is 5.24. The van der Waals surface area contributed by atoms with Crippen LogP contribution in [-0.4, -0.2) is 59.8 Å². The number of nitrogens with zero attached hydrogens (tertiary/aromatic N) is 4. The molecule has 0 unspecified atom stereocenters. The quantitative estimate of drug-likeness (QED) is 0.304. The first-order valence-electron chi connectivity index (χ1n) is 8.67. The summed E-state index contributed by atoms with van der Waals surface area (Å²) >= 11 is 0. The predicted molar refractivity (Wildman–Crippen MR) is 101 cm³/mol. The molecule has 8 N–H and O–H groups in total. The number of rotatable bonds is 5. The highest BCUT2D eigenvalue weighted by Crippen LogP contribution is 2.32. The molecule has 0 aliphatic carbocycles. The summed E-state index contributed by atoms with van der Waals surface area (Å²) in [5, 5.41) is 32.7. The predicted octanol–water partition coefficient (Wildman–Crippen LogP) is -0.786. The summed E-state index contributed by atoms with van der Waals surface area (Å²) < 4.78 is 7.05.